The number of aliphatic carboxylic acids is 1. The van der Waals surface area contributed by atoms with Gasteiger partial charge in [-0.1, -0.05) is 73.5 Å². The van der Waals surface area contributed by atoms with Crippen LogP contribution in [0.1, 0.15) is 31.7 Å². The zero-order valence-corrected chi connectivity index (χ0v) is 14.8. The summed E-state index contributed by atoms with van der Waals surface area (Å²) in [7, 11) is 0. The number of carboxylic acid groups (broad SMARTS) is 1. The summed E-state index contributed by atoms with van der Waals surface area (Å²) in [6, 6.07) is 6.08. The second kappa shape index (κ2) is 7.95. The normalized spacial score (nSPS) is 17.8. The van der Waals surface area contributed by atoms with Gasteiger partial charge in [-0.15, -0.1) is 0 Å². The van der Waals surface area contributed by atoms with Crippen LogP contribution in [0.5, 0.6) is 0 Å². The van der Waals surface area contributed by atoms with Gasteiger partial charge >= 0.3 is 0 Å². The SMILES string of the molecule is CCCC[C@H](C(=O)[O-])N1C(=O)/C(=C/c2ccccc2Cl)SC1=S. The molecule has 0 saturated carbocycles. The van der Waals surface area contributed by atoms with Crippen molar-refractivity contribution < 1.29 is 14.7 Å². The summed E-state index contributed by atoms with van der Waals surface area (Å²) in [5.74, 6) is -1.70. The Kier molecular flexibility index (Phi) is 6.21. The van der Waals surface area contributed by atoms with Crippen molar-refractivity contribution in [2.24, 2.45) is 0 Å². The van der Waals surface area contributed by atoms with Crippen LogP contribution in [-0.2, 0) is 9.59 Å². The predicted molar refractivity (Wildman–Crippen MR) is 94.8 cm³/mol. The summed E-state index contributed by atoms with van der Waals surface area (Å²) >= 11 is 12.4. The molecule has 0 unspecified atom stereocenters. The first kappa shape index (κ1) is 18.0. The molecule has 1 aliphatic rings. The second-order valence-electron chi connectivity index (χ2n) is 5.05. The number of halogens is 1. The number of carbonyl (C=O) groups excluding carboxylic acids is 2. The number of carbonyl (C=O) groups is 2. The summed E-state index contributed by atoms with van der Waals surface area (Å²) in [6.45, 7) is 1.95. The first-order valence-corrected chi connectivity index (χ1v) is 8.78. The number of rotatable bonds is 6. The van der Waals surface area contributed by atoms with Crippen LogP contribution in [0.4, 0.5) is 0 Å². The molecule has 1 heterocycles. The number of amides is 1. The van der Waals surface area contributed by atoms with E-state index in [9.17, 15) is 14.7 Å². The highest BCUT2D eigenvalue weighted by atomic mass is 35.5. The van der Waals surface area contributed by atoms with E-state index >= 15 is 0 Å². The number of nitrogens with zero attached hydrogens (tertiary/aromatic N) is 1. The number of hydrogen-bond acceptors (Lipinski definition) is 5. The number of carboxylic acids is 1. The smallest absolute Gasteiger partial charge is 0.266 e. The molecule has 0 radical (unpaired) electrons. The molecule has 7 heteroatoms. The second-order valence-corrected chi connectivity index (χ2v) is 7.13. The van der Waals surface area contributed by atoms with Gasteiger partial charge in [0.1, 0.15) is 4.32 Å². The van der Waals surface area contributed by atoms with Crippen LogP contribution in [0, 0.1) is 0 Å². The average molecular weight is 369 g/mol. The topological polar surface area (TPSA) is 60.4 Å². The zero-order valence-electron chi connectivity index (χ0n) is 12.5. The summed E-state index contributed by atoms with van der Waals surface area (Å²) in [6.07, 6.45) is 3.46. The van der Waals surface area contributed by atoms with Crippen LogP contribution in [0.3, 0.4) is 0 Å². The van der Waals surface area contributed by atoms with E-state index in [0.29, 0.717) is 28.3 Å². The molecule has 1 aliphatic heterocycles. The van der Waals surface area contributed by atoms with E-state index in [0.717, 1.165) is 23.1 Å². The van der Waals surface area contributed by atoms with Crippen molar-refractivity contribution in [3.63, 3.8) is 0 Å². The minimum Gasteiger partial charge on any atom is -0.548 e. The van der Waals surface area contributed by atoms with E-state index in [1.807, 2.05) is 13.0 Å². The zero-order chi connectivity index (χ0) is 17.0. The van der Waals surface area contributed by atoms with Gasteiger partial charge in [0.25, 0.3) is 5.91 Å². The number of thiocarbonyl (C=S) groups is 1. The van der Waals surface area contributed by atoms with Crippen molar-refractivity contribution in [2.45, 2.75) is 32.2 Å². The van der Waals surface area contributed by atoms with E-state index < -0.39 is 17.9 Å². The molecule has 1 aromatic rings. The first-order chi connectivity index (χ1) is 11.0. The van der Waals surface area contributed by atoms with Crippen LogP contribution in [0.15, 0.2) is 29.2 Å². The molecule has 1 amide bonds. The van der Waals surface area contributed by atoms with Gasteiger partial charge in [-0.05, 0) is 24.1 Å². The highest BCUT2D eigenvalue weighted by Crippen LogP contribution is 2.35. The lowest BCUT2D eigenvalue weighted by molar-refractivity contribution is -0.310. The van der Waals surface area contributed by atoms with Gasteiger partial charge in [0, 0.05) is 5.02 Å². The summed E-state index contributed by atoms with van der Waals surface area (Å²) in [5.41, 5.74) is 0.688. The lowest BCUT2D eigenvalue weighted by Gasteiger charge is -2.27. The third kappa shape index (κ3) is 4.13. The van der Waals surface area contributed by atoms with Crippen LogP contribution in [0.25, 0.3) is 6.08 Å². The Morgan fingerprint density at radius 2 is 2.17 bits per heavy atom. The van der Waals surface area contributed by atoms with Crippen molar-refractivity contribution in [2.75, 3.05) is 0 Å². The summed E-state index contributed by atoms with van der Waals surface area (Å²) in [4.78, 5) is 25.5. The van der Waals surface area contributed by atoms with E-state index in [2.05, 4.69) is 0 Å². The van der Waals surface area contributed by atoms with Gasteiger partial charge in [-0.25, -0.2) is 0 Å². The number of hydrogen-bond donors (Lipinski definition) is 0. The maximum Gasteiger partial charge on any atom is 0.266 e. The lowest BCUT2D eigenvalue weighted by atomic mass is 10.1. The van der Waals surface area contributed by atoms with Gasteiger partial charge in [0.2, 0.25) is 0 Å². The Morgan fingerprint density at radius 3 is 2.78 bits per heavy atom. The van der Waals surface area contributed by atoms with Gasteiger partial charge in [0.05, 0.1) is 16.9 Å². The fourth-order valence-corrected chi connectivity index (χ4v) is 3.77. The third-order valence-corrected chi connectivity index (χ3v) is 5.10. The fraction of sp³-hybridized carbons (Fsp3) is 0.312. The first-order valence-electron chi connectivity index (χ1n) is 7.18. The van der Waals surface area contributed by atoms with E-state index in [-0.39, 0.29) is 4.32 Å². The Morgan fingerprint density at radius 1 is 1.48 bits per heavy atom. The molecule has 1 saturated heterocycles. The van der Waals surface area contributed by atoms with Crippen LogP contribution in [-0.4, -0.2) is 27.1 Å². The Balaban J connectivity index is 2.29. The van der Waals surface area contributed by atoms with Gasteiger partial charge in [-0.2, -0.15) is 0 Å². The Labute approximate surface area is 149 Å². The maximum absolute atomic E-state index is 12.6. The van der Waals surface area contributed by atoms with Gasteiger partial charge < -0.3 is 9.90 Å². The fourth-order valence-electron chi connectivity index (χ4n) is 2.23. The van der Waals surface area contributed by atoms with Gasteiger partial charge in [-0.3, -0.25) is 9.69 Å². The molecule has 2 rings (SSSR count). The number of thioether (sulfide) groups is 1. The summed E-state index contributed by atoms with van der Waals surface area (Å²) < 4.78 is 0.235. The van der Waals surface area contributed by atoms with Crippen LogP contribution in [0.2, 0.25) is 5.02 Å². The van der Waals surface area contributed by atoms with E-state index in [1.165, 1.54) is 0 Å². The minimum atomic E-state index is -1.28. The monoisotopic (exact) mass is 368 g/mol. The molecule has 0 aromatic heterocycles. The Bertz CT molecular complexity index is 675. The Hall–Kier alpha value is -1.37. The number of unbranched alkanes of at least 4 members (excludes halogenated alkanes) is 1. The summed E-state index contributed by atoms with van der Waals surface area (Å²) in [5, 5.41) is 11.9. The molecular weight excluding hydrogens is 354 g/mol. The van der Waals surface area contributed by atoms with E-state index in [1.54, 1.807) is 24.3 Å². The average Bonchev–Trinajstić information content (AvgIpc) is 2.77. The minimum absolute atomic E-state index is 0.235. The van der Waals surface area contributed by atoms with Crippen molar-refractivity contribution in [1.82, 2.24) is 4.90 Å². The van der Waals surface area contributed by atoms with E-state index in [4.69, 9.17) is 23.8 Å². The van der Waals surface area contributed by atoms with Crippen LogP contribution >= 0.6 is 35.6 Å². The molecule has 0 aliphatic carbocycles. The molecule has 1 aromatic carbocycles. The molecule has 4 nitrogen and oxygen atoms in total. The van der Waals surface area contributed by atoms with Crippen molar-refractivity contribution in [1.29, 1.82) is 0 Å². The highest BCUT2D eigenvalue weighted by molar-refractivity contribution is 8.26. The molecule has 122 valence electrons. The third-order valence-electron chi connectivity index (χ3n) is 3.43. The largest absolute Gasteiger partial charge is 0.548 e. The van der Waals surface area contributed by atoms with Gasteiger partial charge in [0.15, 0.2) is 0 Å². The molecular formula is C16H15ClNO3S2-. The molecule has 23 heavy (non-hydrogen) atoms. The molecule has 0 spiro atoms. The van der Waals surface area contributed by atoms with Crippen LogP contribution < -0.4 is 5.11 Å². The lowest BCUT2D eigenvalue weighted by Crippen LogP contribution is -2.49. The number of benzene rings is 1. The molecule has 1 atom stereocenters. The standard InChI is InChI=1S/C16H16ClNO3S2/c1-2-3-8-12(15(20)21)18-14(19)13(23-16(18)22)9-10-6-4-5-7-11(10)17/h4-7,9,12H,2-3,8H2,1H3,(H,20,21)/p-1/b13-9-/t12-/m1/s1. The maximum atomic E-state index is 12.6. The quantitative estimate of drug-likeness (QED) is 0.570. The molecule has 0 N–H and O–H groups in total. The highest BCUT2D eigenvalue weighted by Gasteiger charge is 2.37. The van der Waals surface area contributed by atoms with Crippen molar-refractivity contribution in [3.8, 4) is 0 Å². The predicted octanol–water partition coefficient (Wildman–Crippen LogP) is 2.85. The van der Waals surface area contributed by atoms with Crippen molar-refractivity contribution in [3.05, 3.63) is 39.8 Å². The van der Waals surface area contributed by atoms with Crippen molar-refractivity contribution >= 4 is 57.9 Å². The molecule has 0 bridgehead atoms. The molecule has 1 fully saturated rings.